The minimum Gasteiger partial charge on any atom is -0.481 e. The van der Waals surface area contributed by atoms with E-state index in [-0.39, 0.29) is 25.3 Å². The minimum absolute atomic E-state index is 0.0452. The lowest BCUT2D eigenvalue weighted by atomic mass is 9.99. The number of imide groups is 1. The highest BCUT2D eigenvalue weighted by Crippen LogP contribution is 2.14. The predicted molar refractivity (Wildman–Crippen MR) is 73.3 cm³/mol. The molecule has 1 fully saturated rings. The second-order valence-corrected chi connectivity index (χ2v) is 5.32. The predicted octanol–water partition coefficient (Wildman–Crippen LogP) is 0.550. The van der Waals surface area contributed by atoms with E-state index in [4.69, 9.17) is 5.11 Å². The van der Waals surface area contributed by atoms with Crippen molar-refractivity contribution >= 4 is 17.9 Å². The number of urea groups is 1. The summed E-state index contributed by atoms with van der Waals surface area (Å²) in [5.74, 6) is -1.38. The van der Waals surface area contributed by atoms with Crippen molar-refractivity contribution < 1.29 is 19.5 Å². The molecule has 0 radical (unpaired) electrons. The van der Waals surface area contributed by atoms with Crippen LogP contribution in [0.15, 0.2) is 0 Å². The molecule has 1 aliphatic rings. The first-order chi connectivity index (χ1) is 9.38. The number of aliphatic carboxylic acids is 1. The summed E-state index contributed by atoms with van der Waals surface area (Å²) in [5, 5.41) is 13.5. The zero-order chi connectivity index (χ0) is 15.1. The monoisotopic (exact) mass is 285 g/mol. The molecule has 1 saturated heterocycles. The number of piperidine rings is 1. The maximum atomic E-state index is 11.6. The van der Waals surface area contributed by atoms with Gasteiger partial charge >= 0.3 is 12.0 Å². The van der Waals surface area contributed by atoms with Gasteiger partial charge in [-0.1, -0.05) is 0 Å². The van der Waals surface area contributed by atoms with Crippen molar-refractivity contribution in [3.05, 3.63) is 0 Å². The molecule has 114 valence electrons. The van der Waals surface area contributed by atoms with E-state index in [0.717, 1.165) is 19.4 Å². The molecule has 0 aromatic carbocycles. The van der Waals surface area contributed by atoms with Gasteiger partial charge in [0, 0.05) is 31.5 Å². The molecule has 2 atom stereocenters. The van der Waals surface area contributed by atoms with Gasteiger partial charge in [0.25, 0.3) is 0 Å². The number of hydrogen-bond donors (Lipinski definition) is 3. The average Bonchev–Trinajstić information content (AvgIpc) is 2.33. The Kier molecular flexibility index (Phi) is 6.44. The van der Waals surface area contributed by atoms with E-state index in [2.05, 4.69) is 22.5 Å². The first kappa shape index (κ1) is 16.4. The first-order valence-corrected chi connectivity index (χ1v) is 6.91. The lowest BCUT2D eigenvalue weighted by Gasteiger charge is -2.35. The fourth-order valence-corrected chi connectivity index (χ4v) is 2.23. The van der Waals surface area contributed by atoms with Gasteiger partial charge in [0.15, 0.2) is 0 Å². The summed E-state index contributed by atoms with van der Waals surface area (Å²) in [6, 6.07) is -0.0135. The number of amides is 3. The second kappa shape index (κ2) is 7.84. The molecule has 1 rings (SSSR count). The van der Waals surface area contributed by atoms with Crippen molar-refractivity contribution in [1.29, 1.82) is 0 Å². The average molecular weight is 285 g/mol. The van der Waals surface area contributed by atoms with Gasteiger partial charge in [-0.3, -0.25) is 14.9 Å². The third-order valence-corrected chi connectivity index (χ3v) is 3.59. The summed E-state index contributed by atoms with van der Waals surface area (Å²) in [5.41, 5.74) is 0. The van der Waals surface area contributed by atoms with E-state index >= 15 is 0 Å². The number of carboxylic acids is 1. The third-order valence-electron chi connectivity index (χ3n) is 3.59. The molecule has 20 heavy (non-hydrogen) atoms. The Morgan fingerprint density at radius 3 is 2.60 bits per heavy atom. The van der Waals surface area contributed by atoms with Gasteiger partial charge in [-0.15, -0.1) is 0 Å². The molecule has 0 aromatic rings. The van der Waals surface area contributed by atoms with Gasteiger partial charge in [-0.05, 0) is 33.2 Å². The fraction of sp³-hybridized carbons (Fsp3) is 0.769. The van der Waals surface area contributed by atoms with E-state index in [1.165, 1.54) is 0 Å². The number of carboxylic acid groups (broad SMARTS) is 1. The highest BCUT2D eigenvalue weighted by atomic mass is 16.4. The Morgan fingerprint density at radius 1 is 1.30 bits per heavy atom. The van der Waals surface area contributed by atoms with Crippen LogP contribution in [0, 0.1) is 0 Å². The maximum Gasteiger partial charge on any atom is 0.321 e. The number of carbonyl (C=O) groups excluding carboxylic acids is 2. The summed E-state index contributed by atoms with van der Waals surface area (Å²) in [6.45, 7) is 3.02. The summed E-state index contributed by atoms with van der Waals surface area (Å²) >= 11 is 0. The number of nitrogens with zero attached hydrogens (tertiary/aromatic N) is 1. The van der Waals surface area contributed by atoms with E-state index in [1.54, 1.807) is 0 Å². The van der Waals surface area contributed by atoms with Crippen LogP contribution in [0.3, 0.4) is 0 Å². The molecule has 1 aliphatic heterocycles. The van der Waals surface area contributed by atoms with Gasteiger partial charge in [0.1, 0.15) is 0 Å². The molecule has 0 saturated carbocycles. The van der Waals surface area contributed by atoms with Crippen molar-refractivity contribution in [3.8, 4) is 0 Å². The zero-order valence-corrected chi connectivity index (χ0v) is 12.0. The van der Waals surface area contributed by atoms with Gasteiger partial charge in [-0.2, -0.15) is 0 Å². The van der Waals surface area contributed by atoms with Gasteiger partial charge in [-0.25, -0.2) is 4.79 Å². The first-order valence-electron chi connectivity index (χ1n) is 6.91. The van der Waals surface area contributed by atoms with Crippen LogP contribution in [0.2, 0.25) is 0 Å². The molecule has 0 aromatic heterocycles. The van der Waals surface area contributed by atoms with Crippen LogP contribution in [0.1, 0.15) is 39.0 Å². The van der Waals surface area contributed by atoms with Crippen LogP contribution in [-0.4, -0.2) is 53.6 Å². The Morgan fingerprint density at radius 2 is 2.00 bits per heavy atom. The molecule has 7 heteroatoms. The quantitative estimate of drug-likeness (QED) is 0.685. The lowest BCUT2D eigenvalue weighted by Crippen LogP contribution is -2.50. The number of nitrogens with one attached hydrogen (secondary N) is 2. The highest BCUT2D eigenvalue weighted by Gasteiger charge is 2.24. The van der Waals surface area contributed by atoms with E-state index in [0.29, 0.717) is 6.04 Å². The van der Waals surface area contributed by atoms with Crippen molar-refractivity contribution in [2.24, 2.45) is 0 Å². The van der Waals surface area contributed by atoms with Crippen molar-refractivity contribution in [2.75, 3.05) is 13.6 Å². The number of carbonyl (C=O) groups is 3. The van der Waals surface area contributed by atoms with Gasteiger partial charge in [0.05, 0.1) is 0 Å². The van der Waals surface area contributed by atoms with E-state index in [9.17, 15) is 14.4 Å². The summed E-state index contributed by atoms with van der Waals surface area (Å²) < 4.78 is 0. The summed E-state index contributed by atoms with van der Waals surface area (Å²) in [7, 11) is 2.05. The van der Waals surface area contributed by atoms with Crippen LogP contribution in [0.5, 0.6) is 0 Å². The molecule has 2 unspecified atom stereocenters. The molecule has 3 amide bonds. The van der Waals surface area contributed by atoms with Crippen molar-refractivity contribution in [2.45, 2.75) is 51.1 Å². The largest absolute Gasteiger partial charge is 0.481 e. The van der Waals surface area contributed by atoms with Crippen LogP contribution in [-0.2, 0) is 9.59 Å². The maximum absolute atomic E-state index is 11.6. The summed E-state index contributed by atoms with van der Waals surface area (Å²) in [6.07, 6.45) is 1.93. The van der Waals surface area contributed by atoms with Crippen molar-refractivity contribution in [1.82, 2.24) is 15.5 Å². The summed E-state index contributed by atoms with van der Waals surface area (Å²) in [4.78, 5) is 35.6. The molecular formula is C13H23N3O4. The topological polar surface area (TPSA) is 98.7 Å². The standard InChI is InChI=1S/C13H23N3O4/c1-9-8-10(6-7-16(9)2)14-13(20)15-11(17)4-3-5-12(18)19/h9-10H,3-8H2,1-2H3,(H,18,19)(H2,14,15,17,20). The lowest BCUT2D eigenvalue weighted by molar-refractivity contribution is -0.137. The Balaban J connectivity index is 2.22. The molecular weight excluding hydrogens is 262 g/mol. The van der Waals surface area contributed by atoms with Crippen molar-refractivity contribution in [3.63, 3.8) is 0 Å². The van der Waals surface area contributed by atoms with Crippen LogP contribution >= 0.6 is 0 Å². The molecule has 0 spiro atoms. The highest BCUT2D eigenvalue weighted by molar-refractivity contribution is 5.94. The number of likely N-dealkylation sites (tertiary alicyclic amines) is 1. The number of rotatable bonds is 5. The Labute approximate surface area is 118 Å². The normalized spacial score (nSPS) is 23.1. The Hall–Kier alpha value is -1.63. The molecule has 1 heterocycles. The molecule has 7 nitrogen and oxygen atoms in total. The van der Waals surface area contributed by atoms with E-state index < -0.39 is 17.9 Å². The minimum atomic E-state index is -0.942. The molecule has 3 N–H and O–H groups in total. The zero-order valence-electron chi connectivity index (χ0n) is 12.0. The SMILES string of the molecule is CC1CC(NC(=O)NC(=O)CCCC(=O)O)CCN1C. The van der Waals surface area contributed by atoms with Crippen LogP contribution in [0.25, 0.3) is 0 Å². The number of hydrogen-bond acceptors (Lipinski definition) is 4. The molecule has 0 bridgehead atoms. The smallest absolute Gasteiger partial charge is 0.321 e. The van der Waals surface area contributed by atoms with Gasteiger partial charge < -0.3 is 15.3 Å². The van der Waals surface area contributed by atoms with Crippen LogP contribution < -0.4 is 10.6 Å². The Bertz CT molecular complexity index is 373. The van der Waals surface area contributed by atoms with Gasteiger partial charge in [0.2, 0.25) is 5.91 Å². The van der Waals surface area contributed by atoms with E-state index in [1.807, 2.05) is 7.05 Å². The second-order valence-electron chi connectivity index (χ2n) is 5.32. The third kappa shape index (κ3) is 6.01. The fourth-order valence-electron chi connectivity index (χ4n) is 2.23. The van der Waals surface area contributed by atoms with Crippen LogP contribution in [0.4, 0.5) is 4.79 Å². The molecule has 0 aliphatic carbocycles.